The maximum Gasteiger partial charge on any atom is 0.313 e. The van der Waals surface area contributed by atoms with Crippen molar-refractivity contribution in [3.63, 3.8) is 0 Å². The quantitative estimate of drug-likeness (QED) is 0.0637. The summed E-state index contributed by atoms with van der Waals surface area (Å²) in [6, 6.07) is 0. The van der Waals surface area contributed by atoms with E-state index in [1.54, 1.807) is 0 Å². The zero-order valence-corrected chi connectivity index (χ0v) is 21.1. The Morgan fingerprint density at radius 2 is 0.571 bits per heavy atom. The molecule has 0 amide bonds. The molecule has 0 atom stereocenters. The fourth-order valence-corrected chi connectivity index (χ4v) is 2.75. The van der Waals surface area contributed by atoms with Crippen molar-refractivity contribution in [1.29, 1.82) is 0 Å². The highest BCUT2D eigenvalue weighted by atomic mass is 19.2. The molecule has 0 aliphatic carbocycles. The molecule has 0 aromatic heterocycles. The minimum absolute atomic E-state index is 0.0255. The molecule has 0 aliphatic rings. The van der Waals surface area contributed by atoms with Gasteiger partial charge in [0.2, 0.25) is 69.7 Å². The zero-order valence-electron chi connectivity index (χ0n) is 21.1. The van der Waals surface area contributed by atoms with Crippen LogP contribution in [0.4, 0.5) is 43.9 Å². The molecular formula is C24H20F10O8. The summed E-state index contributed by atoms with van der Waals surface area (Å²) in [6.45, 7) is -0.504. The molecule has 0 fully saturated rings. The van der Waals surface area contributed by atoms with E-state index in [1.807, 2.05) is 0 Å². The highest BCUT2D eigenvalue weighted by Crippen LogP contribution is 2.30. The molecule has 0 heterocycles. The molecule has 0 bridgehead atoms. The van der Waals surface area contributed by atoms with E-state index >= 15 is 0 Å². The molecule has 0 radical (unpaired) electrons. The molecule has 0 spiro atoms. The van der Waals surface area contributed by atoms with Gasteiger partial charge in [-0.1, -0.05) is 0 Å². The largest absolute Gasteiger partial charge is 0.420 e. The third-order valence-corrected chi connectivity index (χ3v) is 4.79. The summed E-state index contributed by atoms with van der Waals surface area (Å²) in [4.78, 5) is 23.1. The number of carbonyl (C=O) groups is 2. The van der Waals surface area contributed by atoms with E-state index in [0.29, 0.717) is 0 Å². The predicted octanol–water partition coefficient (Wildman–Crippen LogP) is 4.44. The SMILES string of the molecule is O=C(CCOCCOCCOCCOCCC(=O)Oc1c(F)c(F)c(F)c(F)c1F)Oc1c(F)c(F)c(F)c(F)c1F. The van der Waals surface area contributed by atoms with Crippen LogP contribution in [0.15, 0.2) is 0 Å². The molecule has 0 unspecified atom stereocenters. The Balaban J connectivity index is 1.47. The zero-order chi connectivity index (χ0) is 31.4. The fraction of sp³-hybridized carbons (Fsp3) is 0.417. The van der Waals surface area contributed by atoms with Gasteiger partial charge in [-0.05, 0) is 0 Å². The van der Waals surface area contributed by atoms with Gasteiger partial charge in [-0.3, -0.25) is 9.59 Å². The Hall–Kier alpha value is -3.48. The lowest BCUT2D eigenvalue weighted by Gasteiger charge is -2.10. The average Bonchev–Trinajstić information content (AvgIpc) is 2.97. The minimum Gasteiger partial charge on any atom is -0.420 e. The second-order valence-corrected chi connectivity index (χ2v) is 7.70. The summed E-state index contributed by atoms with van der Waals surface area (Å²) >= 11 is 0. The fourth-order valence-electron chi connectivity index (χ4n) is 2.75. The van der Waals surface area contributed by atoms with Crippen molar-refractivity contribution in [2.75, 3.05) is 52.9 Å². The first-order chi connectivity index (χ1) is 19.9. The summed E-state index contributed by atoms with van der Waals surface area (Å²) in [5.74, 6) is -29.1. The van der Waals surface area contributed by atoms with Gasteiger partial charge in [0.1, 0.15) is 0 Å². The Labute approximate surface area is 230 Å². The van der Waals surface area contributed by atoms with Crippen molar-refractivity contribution < 1.29 is 81.9 Å². The van der Waals surface area contributed by atoms with Gasteiger partial charge >= 0.3 is 11.9 Å². The number of carbonyl (C=O) groups excluding carboxylic acids is 2. The van der Waals surface area contributed by atoms with E-state index in [-0.39, 0.29) is 52.9 Å². The van der Waals surface area contributed by atoms with Crippen LogP contribution >= 0.6 is 0 Å². The summed E-state index contributed by atoms with van der Waals surface area (Å²) in [6.07, 6.45) is -1.14. The third-order valence-electron chi connectivity index (χ3n) is 4.79. The van der Waals surface area contributed by atoms with Crippen molar-refractivity contribution in [2.45, 2.75) is 12.8 Å². The van der Waals surface area contributed by atoms with Gasteiger partial charge in [0.15, 0.2) is 0 Å². The van der Waals surface area contributed by atoms with Gasteiger partial charge in [-0.25, -0.2) is 26.3 Å². The van der Waals surface area contributed by atoms with E-state index in [2.05, 4.69) is 9.47 Å². The molecule has 8 nitrogen and oxygen atoms in total. The van der Waals surface area contributed by atoms with E-state index in [4.69, 9.17) is 18.9 Å². The number of esters is 2. The second kappa shape index (κ2) is 16.8. The predicted molar refractivity (Wildman–Crippen MR) is 116 cm³/mol. The molecule has 234 valence electrons. The lowest BCUT2D eigenvalue weighted by atomic mass is 10.2. The normalized spacial score (nSPS) is 11.2. The first-order valence-electron chi connectivity index (χ1n) is 11.6. The second-order valence-electron chi connectivity index (χ2n) is 7.70. The molecule has 0 aliphatic heterocycles. The van der Waals surface area contributed by atoms with Crippen molar-refractivity contribution >= 4 is 11.9 Å². The third kappa shape index (κ3) is 9.53. The van der Waals surface area contributed by atoms with E-state index < -0.39 is 94.5 Å². The van der Waals surface area contributed by atoms with Crippen LogP contribution in [0.3, 0.4) is 0 Å². The standard InChI is InChI=1S/C24H20F10O8/c25-13-15(27)19(31)23(20(32)16(13)28)41-11(35)1-3-37-5-7-39-9-10-40-8-6-38-4-2-12(36)42-24-21(33)17(29)14(26)18(30)22(24)34/h1-10H2. The highest BCUT2D eigenvalue weighted by Gasteiger charge is 2.29. The van der Waals surface area contributed by atoms with Crippen molar-refractivity contribution in [3.8, 4) is 11.5 Å². The minimum atomic E-state index is -2.40. The van der Waals surface area contributed by atoms with Crippen LogP contribution in [0, 0.1) is 58.2 Å². The number of ether oxygens (including phenoxy) is 6. The molecular weight excluding hydrogens is 606 g/mol. The lowest BCUT2D eigenvalue weighted by molar-refractivity contribution is -0.137. The molecule has 0 N–H and O–H groups in total. The van der Waals surface area contributed by atoms with Crippen LogP contribution < -0.4 is 9.47 Å². The molecule has 18 heteroatoms. The van der Waals surface area contributed by atoms with E-state index in [9.17, 15) is 53.5 Å². The van der Waals surface area contributed by atoms with E-state index in [0.717, 1.165) is 0 Å². The highest BCUT2D eigenvalue weighted by molar-refractivity contribution is 5.73. The van der Waals surface area contributed by atoms with Crippen molar-refractivity contribution in [1.82, 2.24) is 0 Å². The molecule has 42 heavy (non-hydrogen) atoms. The van der Waals surface area contributed by atoms with Gasteiger partial charge in [-0.2, -0.15) is 17.6 Å². The number of benzene rings is 2. The lowest BCUT2D eigenvalue weighted by Crippen LogP contribution is -2.17. The maximum atomic E-state index is 13.5. The monoisotopic (exact) mass is 626 g/mol. The van der Waals surface area contributed by atoms with Crippen LogP contribution in [0.25, 0.3) is 0 Å². The number of hydrogen-bond acceptors (Lipinski definition) is 8. The summed E-state index contributed by atoms with van der Waals surface area (Å²) < 4.78 is 161. The summed E-state index contributed by atoms with van der Waals surface area (Å²) in [5, 5.41) is 0. The van der Waals surface area contributed by atoms with Crippen LogP contribution in [0.5, 0.6) is 11.5 Å². The van der Waals surface area contributed by atoms with Crippen LogP contribution in [0.2, 0.25) is 0 Å². The topological polar surface area (TPSA) is 89.5 Å². The number of hydrogen-bond donors (Lipinski definition) is 0. The Bertz CT molecular complexity index is 1110. The van der Waals surface area contributed by atoms with Crippen molar-refractivity contribution in [2.24, 2.45) is 0 Å². The number of rotatable bonds is 17. The molecule has 2 rings (SSSR count). The Morgan fingerprint density at radius 3 is 0.833 bits per heavy atom. The van der Waals surface area contributed by atoms with Crippen LogP contribution in [0.1, 0.15) is 12.8 Å². The average molecular weight is 626 g/mol. The van der Waals surface area contributed by atoms with Gasteiger partial charge in [0.25, 0.3) is 0 Å². The first kappa shape index (κ1) is 34.7. The van der Waals surface area contributed by atoms with Crippen LogP contribution in [-0.4, -0.2) is 64.8 Å². The first-order valence-corrected chi connectivity index (χ1v) is 11.6. The van der Waals surface area contributed by atoms with Gasteiger partial charge in [0, 0.05) is 0 Å². The Kier molecular flexibility index (Phi) is 13.9. The summed E-state index contributed by atoms with van der Waals surface area (Å²) in [7, 11) is 0. The maximum absolute atomic E-state index is 13.5. The van der Waals surface area contributed by atoms with Crippen LogP contribution in [-0.2, 0) is 28.5 Å². The summed E-state index contributed by atoms with van der Waals surface area (Å²) in [5.41, 5.74) is 0. The van der Waals surface area contributed by atoms with Crippen molar-refractivity contribution in [3.05, 3.63) is 58.2 Å². The molecule has 0 saturated carbocycles. The molecule has 0 saturated heterocycles. The smallest absolute Gasteiger partial charge is 0.313 e. The van der Waals surface area contributed by atoms with Gasteiger partial charge in [-0.15, -0.1) is 0 Å². The van der Waals surface area contributed by atoms with Gasteiger partial charge < -0.3 is 28.4 Å². The molecule has 2 aromatic rings. The van der Waals surface area contributed by atoms with E-state index in [1.165, 1.54) is 0 Å². The van der Waals surface area contributed by atoms with Gasteiger partial charge in [0.05, 0.1) is 65.7 Å². The number of halogens is 10. The Morgan fingerprint density at radius 1 is 0.357 bits per heavy atom. The molecule has 2 aromatic carbocycles.